The minimum absolute atomic E-state index is 0.00816. The Bertz CT molecular complexity index is 1180. The quantitative estimate of drug-likeness (QED) is 0.218. The molecule has 4 rings (SSSR count). The predicted molar refractivity (Wildman–Crippen MR) is 152 cm³/mol. The number of methoxy groups -OCH3 is 1. The maximum Gasteiger partial charge on any atom is 0.332 e. The summed E-state index contributed by atoms with van der Waals surface area (Å²) in [5.41, 5.74) is 3.01. The smallest absolute Gasteiger partial charge is 0.332 e. The molecule has 1 fully saturated rings. The van der Waals surface area contributed by atoms with E-state index < -0.39 is 32.0 Å². The van der Waals surface area contributed by atoms with Gasteiger partial charge in [-0.05, 0) is 35.7 Å². The van der Waals surface area contributed by atoms with Gasteiger partial charge < -0.3 is 32.7 Å². The number of ether oxygens (including phenoxy) is 5. The summed E-state index contributed by atoms with van der Waals surface area (Å²) in [5, 5.41) is 0. The Morgan fingerprint density at radius 2 is 1.12 bits per heavy atom. The van der Waals surface area contributed by atoms with Gasteiger partial charge in [-0.1, -0.05) is 72.8 Å². The summed E-state index contributed by atoms with van der Waals surface area (Å²) in [6.45, 7) is 2.95. The van der Waals surface area contributed by atoms with E-state index >= 15 is 0 Å². The maximum atomic E-state index is 13.2. The predicted octanol–water partition coefficient (Wildman–Crippen LogP) is 6.02. The molecule has 1 aliphatic heterocycles. The Kier molecular flexibility index (Phi) is 11.3. The molecule has 0 radical (unpaired) electrons. The number of hydrogen-bond acceptors (Lipinski definition) is 8. The number of hydrogen-bond donors (Lipinski definition) is 0. The molecule has 3 aromatic rings. The summed E-state index contributed by atoms with van der Waals surface area (Å²) in [7, 11) is 0.953. The third-order valence-corrected chi connectivity index (χ3v) is 8.92. The summed E-state index contributed by atoms with van der Waals surface area (Å²) >= 11 is 0. The Labute approximate surface area is 237 Å². The third-order valence-electron chi connectivity index (χ3n) is 7.00. The van der Waals surface area contributed by atoms with Crippen molar-refractivity contribution in [3.63, 3.8) is 0 Å². The Morgan fingerprint density at radius 3 is 1.62 bits per heavy atom. The minimum atomic E-state index is -3.42. The van der Waals surface area contributed by atoms with Crippen molar-refractivity contribution < 1.29 is 37.3 Å². The van der Waals surface area contributed by atoms with Gasteiger partial charge in [0.15, 0.2) is 0 Å². The highest BCUT2D eigenvalue weighted by Crippen LogP contribution is 2.49. The molecule has 40 heavy (non-hydrogen) atoms. The van der Waals surface area contributed by atoms with Crippen molar-refractivity contribution in [1.82, 2.24) is 0 Å². The lowest BCUT2D eigenvalue weighted by Crippen LogP contribution is -2.60. The molecule has 1 heterocycles. The highest BCUT2D eigenvalue weighted by atomic mass is 31.2. The lowest BCUT2D eigenvalue weighted by atomic mass is 9.95. The van der Waals surface area contributed by atoms with Crippen LogP contribution < -0.4 is 4.74 Å². The number of benzene rings is 3. The highest BCUT2D eigenvalue weighted by molar-refractivity contribution is 7.53. The van der Waals surface area contributed by atoms with Crippen molar-refractivity contribution in [2.24, 2.45) is 0 Å². The van der Waals surface area contributed by atoms with Gasteiger partial charge in [-0.3, -0.25) is 4.57 Å². The van der Waals surface area contributed by atoms with Gasteiger partial charge in [0.2, 0.25) is 0 Å². The van der Waals surface area contributed by atoms with E-state index in [2.05, 4.69) is 0 Å². The zero-order chi connectivity index (χ0) is 28.4. The molecular weight excluding hydrogens is 531 g/mol. The van der Waals surface area contributed by atoms with Crippen LogP contribution in [0.5, 0.6) is 5.75 Å². The van der Waals surface area contributed by atoms with E-state index in [1.807, 2.05) is 91.9 Å². The summed E-state index contributed by atoms with van der Waals surface area (Å²) in [6.07, 6.45) is -2.60. The second kappa shape index (κ2) is 14.9. The van der Waals surface area contributed by atoms with E-state index in [0.717, 1.165) is 22.4 Å². The average Bonchev–Trinajstić information content (AvgIpc) is 3.00. The molecule has 0 spiro atoms. The van der Waals surface area contributed by atoms with Crippen LogP contribution in [0.3, 0.4) is 0 Å². The first-order valence-electron chi connectivity index (χ1n) is 13.4. The molecular formula is C31H39O8P. The molecule has 8 nitrogen and oxygen atoms in total. The van der Waals surface area contributed by atoms with Crippen molar-refractivity contribution in [1.29, 1.82) is 0 Å². The minimum Gasteiger partial charge on any atom is -0.497 e. The van der Waals surface area contributed by atoms with Crippen LogP contribution in [-0.2, 0) is 52.4 Å². The molecule has 9 heteroatoms. The third kappa shape index (κ3) is 8.24. The van der Waals surface area contributed by atoms with Gasteiger partial charge in [0.1, 0.15) is 24.1 Å². The molecule has 5 atom stereocenters. The molecule has 0 aromatic heterocycles. The Hall–Kier alpha value is -2.55. The van der Waals surface area contributed by atoms with Crippen molar-refractivity contribution in [2.45, 2.75) is 57.3 Å². The SMILES string of the molecule is COc1ccc(CO[C@H]2C(CP(=O)(OC)OC)O[C@@H](C)[C@H](OCc3ccccc3)[C@H]2OCc2ccccc2)cc1. The summed E-state index contributed by atoms with van der Waals surface area (Å²) in [6, 6.07) is 27.6. The second-order valence-electron chi connectivity index (χ2n) is 9.68. The van der Waals surface area contributed by atoms with Gasteiger partial charge in [0.05, 0.1) is 45.3 Å². The van der Waals surface area contributed by atoms with Crippen molar-refractivity contribution in [3.8, 4) is 5.75 Å². The van der Waals surface area contributed by atoms with Gasteiger partial charge in [-0.2, -0.15) is 0 Å². The second-order valence-corrected chi connectivity index (χ2v) is 12.0. The van der Waals surface area contributed by atoms with E-state index in [1.165, 1.54) is 14.2 Å². The fraction of sp³-hybridized carbons (Fsp3) is 0.419. The normalized spacial score (nSPS) is 23.1. The summed E-state index contributed by atoms with van der Waals surface area (Å²) in [5.74, 6) is 0.760. The molecule has 0 amide bonds. The fourth-order valence-electron chi connectivity index (χ4n) is 4.76. The topological polar surface area (TPSA) is 81.7 Å². The van der Waals surface area contributed by atoms with Crippen LogP contribution in [0, 0.1) is 0 Å². The zero-order valence-electron chi connectivity index (χ0n) is 23.5. The molecule has 1 saturated heterocycles. The van der Waals surface area contributed by atoms with E-state index in [0.29, 0.717) is 13.2 Å². The summed E-state index contributed by atoms with van der Waals surface area (Å²) in [4.78, 5) is 0. The van der Waals surface area contributed by atoms with Crippen LogP contribution in [0.1, 0.15) is 23.6 Å². The average molecular weight is 571 g/mol. The first-order valence-corrected chi connectivity index (χ1v) is 15.1. The van der Waals surface area contributed by atoms with Crippen LogP contribution >= 0.6 is 7.60 Å². The standard InChI is InChI=1S/C31H39O8P/c1-23-29(36-19-24-11-7-5-8-12-24)31(38-20-25-13-9-6-10-14-25)30(28(39-23)22-40(32,34-3)35-4)37-21-26-15-17-27(33-2)18-16-26/h5-18,23,28-31H,19-22H2,1-4H3/t23-,28?,29-,30-,31+/m0/s1. The molecule has 1 aliphatic rings. The van der Waals surface area contributed by atoms with E-state index in [1.54, 1.807) is 7.11 Å². The van der Waals surface area contributed by atoms with Gasteiger partial charge >= 0.3 is 7.60 Å². The van der Waals surface area contributed by atoms with Gasteiger partial charge in [0.25, 0.3) is 0 Å². The van der Waals surface area contributed by atoms with Crippen LogP contribution in [-0.4, -0.2) is 58.0 Å². The first-order chi connectivity index (χ1) is 19.4. The molecule has 3 aromatic carbocycles. The van der Waals surface area contributed by atoms with Crippen LogP contribution in [0.15, 0.2) is 84.9 Å². The van der Waals surface area contributed by atoms with Crippen molar-refractivity contribution in [3.05, 3.63) is 102 Å². The Balaban J connectivity index is 1.62. The van der Waals surface area contributed by atoms with Crippen molar-refractivity contribution in [2.75, 3.05) is 27.5 Å². The van der Waals surface area contributed by atoms with Crippen LogP contribution in [0.4, 0.5) is 0 Å². The largest absolute Gasteiger partial charge is 0.497 e. The molecule has 0 saturated carbocycles. The highest BCUT2D eigenvalue weighted by Gasteiger charge is 2.49. The molecule has 0 bridgehead atoms. The molecule has 0 aliphatic carbocycles. The molecule has 216 valence electrons. The van der Waals surface area contributed by atoms with E-state index in [4.69, 9.17) is 32.7 Å². The van der Waals surface area contributed by atoms with E-state index in [-0.39, 0.29) is 18.9 Å². The summed E-state index contributed by atoms with van der Waals surface area (Å²) < 4.78 is 55.0. The first kappa shape index (κ1) is 30.4. The number of rotatable bonds is 14. The van der Waals surface area contributed by atoms with Gasteiger partial charge in [-0.25, -0.2) is 0 Å². The molecule has 1 unspecified atom stereocenters. The molecule has 0 N–H and O–H groups in total. The van der Waals surface area contributed by atoms with Gasteiger partial charge in [0, 0.05) is 14.2 Å². The Morgan fingerprint density at radius 1 is 0.650 bits per heavy atom. The van der Waals surface area contributed by atoms with E-state index in [9.17, 15) is 4.57 Å². The maximum absolute atomic E-state index is 13.2. The lowest BCUT2D eigenvalue weighted by molar-refractivity contribution is -0.257. The van der Waals surface area contributed by atoms with Crippen LogP contribution in [0.25, 0.3) is 0 Å². The van der Waals surface area contributed by atoms with Crippen LogP contribution in [0.2, 0.25) is 0 Å². The fourth-order valence-corrected chi connectivity index (χ4v) is 5.94. The zero-order valence-corrected chi connectivity index (χ0v) is 24.4. The van der Waals surface area contributed by atoms with Crippen molar-refractivity contribution >= 4 is 7.60 Å². The lowest BCUT2D eigenvalue weighted by Gasteiger charge is -2.45. The monoisotopic (exact) mass is 570 g/mol. The van der Waals surface area contributed by atoms with Gasteiger partial charge in [-0.15, -0.1) is 0 Å².